The molecule has 0 aliphatic carbocycles. The number of carbonyl (C=O) groups excluding carboxylic acids is 2. The molecule has 2 heterocycles. The number of thioether (sulfide) groups is 1. The minimum absolute atomic E-state index is 0.253. The summed E-state index contributed by atoms with van der Waals surface area (Å²) in [5.41, 5.74) is 1.14. The van der Waals surface area contributed by atoms with Gasteiger partial charge in [0, 0.05) is 11.9 Å². The molecule has 0 saturated carbocycles. The third-order valence-electron chi connectivity index (χ3n) is 2.84. The molecule has 2 aromatic heterocycles. The lowest BCUT2D eigenvalue weighted by atomic mass is 10.2. The number of aromatic nitrogens is 2. The molecule has 22 heavy (non-hydrogen) atoms. The van der Waals surface area contributed by atoms with Gasteiger partial charge in [0.05, 0.1) is 25.2 Å². The van der Waals surface area contributed by atoms with Crippen molar-refractivity contribution in [1.82, 2.24) is 9.61 Å². The van der Waals surface area contributed by atoms with Crippen LogP contribution in [0.1, 0.15) is 30.6 Å². The van der Waals surface area contributed by atoms with Gasteiger partial charge in [0.25, 0.3) is 0 Å². The van der Waals surface area contributed by atoms with E-state index in [2.05, 4.69) is 5.10 Å². The Morgan fingerprint density at radius 3 is 2.73 bits per heavy atom. The minimum atomic E-state index is -0.401. The number of carbonyl (C=O) groups is 2. The number of rotatable bonds is 7. The second-order valence-electron chi connectivity index (χ2n) is 4.33. The molecule has 0 unspecified atom stereocenters. The maximum absolute atomic E-state index is 12.2. The van der Waals surface area contributed by atoms with Crippen LogP contribution in [0.2, 0.25) is 0 Å². The number of fused-ring (bicyclic) bond motifs is 1. The van der Waals surface area contributed by atoms with Gasteiger partial charge in [-0.3, -0.25) is 4.79 Å². The SMILES string of the molecule is CCOC(=O)CCSc1nn2ccccc2c1C(=O)OCC. The van der Waals surface area contributed by atoms with E-state index in [1.807, 2.05) is 18.2 Å². The van der Waals surface area contributed by atoms with Crippen LogP contribution in [0.15, 0.2) is 29.4 Å². The first kappa shape index (κ1) is 16.4. The lowest BCUT2D eigenvalue weighted by molar-refractivity contribution is -0.142. The molecule has 0 bridgehead atoms. The van der Waals surface area contributed by atoms with E-state index in [0.717, 1.165) is 0 Å². The topological polar surface area (TPSA) is 69.9 Å². The van der Waals surface area contributed by atoms with Crippen LogP contribution < -0.4 is 0 Å². The fraction of sp³-hybridized carbons (Fsp3) is 0.400. The Morgan fingerprint density at radius 1 is 1.23 bits per heavy atom. The van der Waals surface area contributed by atoms with Crippen LogP contribution in [-0.4, -0.2) is 40.5 Å². The van der Waals surface area contributed by atoms with Gasteiger partial charge in [-0.1, -0.05) is 6.07 Å². The maximum atomic E-state index is 12.2. The predicted molar refractivity (Wildman–Crippen MR) is 83.1 cm³/mol. The van der Waals surface area contributed by atoms with Crippen LogP contribution in [0.5, 0.6) is 0 Å². The average Bonchev–Trinajstić information content (AvgIpc) is 2.86. The molecule has 0 aromatic carbocycles. The van der Waals surface area contributed by atoms with Gasteiger partial charge in [0.15, 0.2) is 0 Å². The highest BCUT2D eigenvalue weighted by Gasteiger charge is 2.21. The maximum Gasteiger partial charge on any atom is 0.343 e. The molecule has 0 aliphatic rings. The molecule has 0 saturated heterocycles. The Morgan fingerprint density at radius 2 is 2.00 bits per heavy atom. The molecule has 0 fully saturated rings. The van der Waals surface area contributed by atoms with Gasteiger partial charge in [0.2, 0.25) is 0 Å². The molecule has 0 amide bonds. The fourth-order valence-corrected chi connectivity index (χ4v) is 2.88. The third kappa shape index (κ3) is 3.79. The standard InChI is InChI=1S/C15H18N2O4S/c1-3-20-12(18)8-10-22-14-13(15(19)21-4-2)11-7-5-6-9-17(11)16-14/h5-7,9H,3-4,8,10H2,1-2H3. The largest absolute Gasteiger partial charge is 0.466 e. The quantitative estimate of drug-likeness (QED) is 0.576. The van der Waals surface area contributed by atoms with Crippen molar-refractivity contribution in [2.45, 2.75) is 25.3 Å². The van der Waals surface area contributed by atoms with E-state index >= 15 is 0 Å². The molecule has 0 spiro atoms. The zero-order valence-corrected chi connectivity index (χ0v) is 13.4. The monoisotopic (exact) mass is 322 g/mol. The van der Waals surface area contributed by atoms with Crippen molar-refractivity contribution < 1.29 is 19.1 Å². The summed E-state index contributed by atoms with van der Waals surface area (Å²) in [6.07, 6.45) is 2.04. The summed E-state index contributed by atoms with van der Waals surface area (Å²) in [6.45, 7) is 4.20. The van der Waals surface area contributed by atoms with E-state index in [0.29, 0.717) is 35.1 Å². The van der Waals surface area contributed by atoms with Crippen LogP contribution >= 0.6 is 11.8 Å². The average molecular weight is 322 g/mol. The summed E-state index contributed by atoms with van der Waals surface area (Å²) in [6, 6.07) is 5.49. The van der Waals surface area contributed by atoms with Crippen LogP contribution in [0.4, 0.5) is 0 Å². The molecule has 0 atom stereocenters. The number of pyridine rings is 1. The summed E-state index contributed by atoms with van der Waals surface area (Å²) in [7, 11) is 0. The summed E-state index contributed by atoms with van der Waals surface area (Å²) >= 11 is 1.35. The zero-order chi connectivity index (χ0) is 15.9. The number of hydrogen-bond acceptors (Lipinski definition) is 6. The van der Waals surface area contributed by atoms with E-state index in [4.69, 9.17) is 9.47 Å². The van der Waals surface area contributed by atoms with Gasteiger partial charge in [0.1, 0.15) is 10.6 Å². The van der Waals surface area contributed by atoms with Crippen molar-refractivity contribution in [2.75, 3.05) is 19.0 Å². The van der Waals surface area contributed by atoms with Crippen molar-refractivity contribution in [1.29, 1.82) is 0 Å². The molecule has 2 rings (SSSR count). The molecule has 7 heteroatoms. The Labute approximate surface area is 132 Å². The van der Waals surface area contributed by atoms with Crippen LogP contribution in [0, 0.1) is 0 Å². The number of nitrogens with zero attached hydrogens (tertiary/aromatic N) is 2. The lowest BCUT2D eigenvalue weighted by Gasteiger charge is -2.03. The van der Waals surface area contributed by atoms with Gasteiger partial charge < -0.3 is 9.47 Å². The second-order valence-corrected chi connectivity index (χ2v) is 5.42. The van der Waals surface area contributed by atoms with Crippen LogP contribution in [-0.2, 0) is 14.3 Å². The summed E-state index contributed by atoms with van der Waals surface area (Å²) < 4.78 is 11.6. The Hall–Kier alpha value is -2.02. The highest BCUT2D eigenvalue weighted by Crippen LogP contribution is 2.26. The third-order valence-corrected chi connectivity index (χ3v) is 3.81. The molecular weight excluding hydrogens is 304 g/mol. The zero-order valence-electron chi connectivity index (χ0n) is 12.6. The van der Waals surface area contributed by atoms with Crippen molar-refractivity contribution >= 4 is 29.2 Å². The van der Waals surface area contributed by atoms with Gasteiger partial charge in [-0.2, -0.15) is 5.10 Å². The molecular formula is C15H18N2O4S. The molecule has 0 N–H and O–H groups in total. The predicted octanol–water partition coefficient (Wildman–Crippen LogP) is 2.56. The Kier molecular flexibility index (Phi) is 5.83. The lowest BCUT2D eigenvalue weighted by Crippen LogP contribution is -2.07. The summed E-state index contributed by atoms with van der Waals surface area (Å²) in [5, 5.41) is 4.95. The first-order chi connectivity index (χ1) is 10.7. The van der Waals surface area contributed by atoms with E-state index in [1.54, 1.807) is 24.6 Å². The molecule has 0 radical (unpaired) electrons. The van der Waals surface area contributed by atoms with E-state index < -0.39 is 5.97 Å². The van der Waals surface area contributed by atoms with Crippen molar-refractivity contribution in [3.05, 3.63) is 30.0 Å². The highest BCUT2D eigenvalue weighted by molar-refractivity contribution is 7.99. The van der Waals surface area contributed by atoms with E-state index in [9.17, 15) is 9.59 Å². The van der Waals surface area contributed by atoms with Crippen molar-refractivity contribution in [3.63, 3.8) is 0 Å². The second kappa shape index (κ2) is 7.84. The Balaban J connectivity index is 2.19. The van der Waals surface area contributed by atoms with Crippen LogP contribution in [0.3, 0.4) is 0 Å². The van der Waals surface area contributed by atoms with Crippen LogP contribution in [0.25, 0.3) is 5.52 Å². The summed E-state index contributed by atoms with van der Waals surface area (Å²) in [4.78, 5) is 23.5. The van der Waals surface area contributed by atoms with Crippen molar-refractivity contribution in [2.24, 2.45) is 0 Å². The van der Waals surface area contributed by atoms with Gasteiger partial charge in [-0.05, 0) is 26.0 Å². The first-order valence-corrected chi connectivity index (χ1v) is 8.08. The van der Waals surface area contributed by atoms with Gasteiger partial charge in [-0.15, -0.1) is 11.8 Å². The number of esters is 2. The Bertz CT molecular complexity index is 669. The van der Waals surface area contributed by atoms with Gasteiger partial charge in [-0.25, -0.2) is 9.31 Å². The fourth-order valence-electron chi connectivity index (χ4n) is 1.94. The van der Waals surface area contributed by atoms with E-state index in [-0.39, 0.29) is 12.4 Å². The first-order valence-electron chi connectivity index (χ1n) is 7.10. The summed E-state index contributed by atoms with van der Waals surface area (Å²) in [5.74, 6) is -0.159. The smallest absolute Gasteiger partial charge is 0.343 e. The van der Waals surface area contributed by atoms with Gasteiger partial charge >= 0.3 is 11.9 Å². The highest BCUT2D eigenvalue weighted by atomic mass is 32.2. The molecule has 6 nitrogen and oxygen atoms in total. The number of ether oxygens (including phenoxy) is 2. The number of hydrogen-bond donors (Lipinski definition) is 0. The molecule has 118 valence electrons. The van der Waals surface area contributed by atoms with E-state index in [1.165, 1.54) is 11.8 Å². The minimum Gasteiger partial charge on any atom is -0.466 e. The molecule has 2 aromatic rings. The molecule has 0 aliphatic heterocycles. The normalized spacial score (nSPS) is 10.6. The van der Waals surface area contributed by atoms with Crippen molar-refractivity contribution in [3.8, 4) is 0 Å².